The molecule has 0 aliphatic carbocycles. The van der Waals surface area contributed by atoms with Gasteiger partial charge in [0, 0.05) is 13.1 Å². The maximum absolute atomic E-state index is 12.0. The minimum absolute atomic E-state index is 0.0527. The van der Waals surface area contributed by atoms with Gasteiger partial charge in [-0.2, -0.15) is 0 Å². The zero-order valence-corrected chi connectivity index (χ0v) is 12.3. The van der Waals surface area contributed by atoms with E-state index in [4.69, 9.17) is 5.73 Å². The normalized spacial score (nSPS) is 10.6. The highest BCUT2D eigenvalue weighted by Crippen LogP contribution is 2.04. The largest absolute Gasteiger partial charge is 0.392 e. The number of hydrogen-bond donors (Lipinski definition) is 2. The maximum Gasteiger partial charge on any atom is 0.311 e. The summed E-state index contributed by atoms with van der Waals surface area (Å²) in [4.78, 5) is 25.3. The number of carbonyl (C=O) groups is 2. The number of nitrogens with one attached hydrogen (secondary N) is 1. The van der Waals surface area contributed by atoms with Crippen molar-refractivity contribution in [3.8, 4) is 0 Å². The van der Waals surface area contributed by atoms with Crippen molar-refractivity contribution in [3.63, 3.8) is 0 Å². The fourth-order valence-corrected chi connectivity index (χ4v) is 1.58. The summed E-state index contributed by atoms with van der Waals surface area (Å²) in [5.41, 5.74) is 5.27. The van der Waals surface area contributed by atoms with E-state index >= 15 is 0 Å². The molecule has 0 aromatic rings. The molecule has 0 heterocycles. The number of nitrogens with zero attached hydrogens (tertiary/aromatic N) is 1. The summed E-state index contributed by atoms with van der Waals surface area (Å²) in [7, 11) is 0. The molecule has 0 saturated carbocycles. The summed E-state index contributed by atoms with van der Waals surface area (Å²) in [5.74, 6) is -0.537. The molecule has 6 heteroatoms. The zero-order valence-electron chi connectivity index (χ0n) is 11.5. The Kier molecular flexibility index (Phi) is 7.50. The lowest BCUT2D eigenvalue weighted by molar-refractivity contribution is -0.146. The average molecular weight is 273 g/mol. The number of nitrogens with two attached hydrogens (primary N) is 1. The summed E-state index contributed by atoms with van der Waals surface area (Å²) in [5, 5.41) is 2.41. The highest BCUT2D eigenvalue weighted by molar-refractivity contribution is 7.80. The Hall–Kier alpha value is -1.17. The second-order valence-corrected chi connectivity index (χ2v) is 5.67. The summed E-state index contributed by atoms with van der Waals surface area (Å²) in [6, 6.07) is 0. The third kappa shape index (κ3) is 7.21. The molecule has 0 fully saturated rings. The summed E-state index contributed by atoms with van der Waals surface area (Å²) in [6.07, 6.45) is 0. The van der Waals surface area contributed by atoms with E-state index in [2.05, 4.69) is 17.5 Å². The minimum Gasteiger partial charge on any atom is -0.392 e. The number of hydrogen-bond acceptors (Lipinski definition) is 3. The van der Waals surface area contributed by atoms with Gasteiger partial charge in [0.05, 0.1) is 11.5 Å². The Balaban J connectivity index is 4.52. The van der Waals surface area contributed by atoms with Gasteiger partial charge in [-0.25, -0.2) is 0 Å². The molecule has 0 saturated heterocycles. The highest BCUT2D eigenvalue weighted by Gasteiger charge is 2.22. The van der Waals surface area contributed by atoms with Crippen molar-refractivity contribution in [2.75, 3.05) is 19.6 Å². The van der Waals surface area contributed by atoms with E-state index in [1.165, 1.54) is 0 Å². The fourth-order valence-electron chi connectivity index (χ4n) is 1.51. The molecule has 18 heavy (non-hydrogen) atoms. The van der Waals surface area contributed by atoms with Crippen LogP contribution >= 0.6 is 12.2 Å². The predicted octanol–water partition coefficient (Wildman–Crippen LogP) is 0.529. The van der Waals surface area contributed by atoms with Crippen LogP contribution in [-0.2, 0) is 9.59 Å². The maximum atomic E-state index is 12.0. The van der Waals surface area contributed by atoms with Crippen LogP contribution in [0.5, 0.6) is 0 Å². The second-order valence-electron chi connectivity index (χ2n) is 5.15. The van der Waals surface area contributed by atoms with Gasteiger partial charge in [-0.05, 0) is 11.8 Å². The van der Waals surface area contributed by atoms with Gasteiger partial charge in [0.15, 0.2) is 0 Å². The highest BCUT2D eigenvalue weighted by atomic mass is 32.1. The Labute approximate surface area is 114 Å². The van der Waals surface area contributed by atoms with Gasteiger partial charge in [-0.1, -0.05) is 39.9 Å². The Morgan fingerprint density at radius 2 is 1.61 bits per heavy atom. The lowest BCUT2D eigenvalue weighted by Gasteiger charge is -2.25. The standard InChI is InChI=1S/C12H23N3O2S/c1-8(2)6-15(7-9(3)4)12(17)11(16)14-5-10(13)18/h8-9H,5-7H2,1-4H3,(H2,13,18)(H,14,16). The molecule has 0 aromatic heterocycles. The Morgan fingerprint density at radius 1 is 1.17 bits per heavy atom. The van der Waals surface area contributed by atoms with E-state index in [0.29, 0.717) is 24.9 Å². The number of rotatable bonds is 6. The van der Waals surface area contributed by atoms with Gasteiger partial charge >= 0.3 is 11.8 Å². The number of amides is 2. The molecule has 0 spiro atoms. The van der Waals surface area contributed by atoms with Crippen LogP contribution in [0.2, 0.25) is 0 Å². The van der Waals surface area contributed by atoms with Crippen molar-refractivity contribution in [1.29, 1.82) is 0 Å². The van der Waals surface area contributed by atoms with Crippen LogP contribution in [0.25, 0.3) is 0 Å². The minimum atomic E-state index is -0.649. The van der Waals surface area contributed by atoms with Crippen molar-refractivity contribution < 1.29 is 9.59 Å². The molecular formula is C12H23N3O2S. The average Bonchev–Trinajstić information content (AvgIpc) is 2.22. The van der Waals surface area contributed by atoms with Gasteiger partial charge in [0.2, 0.25) is 0 Å². The van der Waals surface area contributed by atoms with Crippen LogP contribution in [0.1, 0.15) is 27.7 Å². The van der Waals surface area contributed by atoms with E-state index in [-0.39, 0.29) is 11.5 Å². The molecule has 2 amide bonds. The van der Waals surface area contributed by atoms with E-state index in [1.54, 1.807) is 4.90 Å². The van der Waals surface area contributed by atoms with Crippen LogP contribution in [0.15, 0.2) is 0 Å². The van der Waals surface area contributed by atoms with Gasteiger partial charge in [-0.15, -0.1) is 0 Å². The molecule has 0 aromatic carbocycles. The van der Waals surface area contributed by atoms with E-state index in [1.807, 2.05) is 27.7 Å². The fraction of sp³-hybridized carbons (Fsp3) is 0.750. The van der Waals surface area contributed by atoms with Gasteiger partial charge < -0.3 is 16.0 Å². The van der Waals surface area contributed by atoms with E-state index in [0.717, 1.165) is 0 Å². The van der Waals surface area contributed by atoms with E-state index in [9.17, 15) is 9.59 Å². The van der Waals surface area contributed by atoms with Crippen LogP contribution in [0, 0.1) is 11.8 Å². The summed E-state index contributed by atoms with van der Waals surface area (Å²) in [6.45, 7) is 9.22. The van der Waals surface area contributed by atoms with Crippen molar-refractivity contribution in [2.45, 2.75) is 27.7 Å². The van der Waals surface area contributed by atoms with Crippen LogP contribution < -0.4 is 11.1 Å². The first kappa shape index (κ1) is 16.8. The molecular weight excluding hydrogens is 250 g/mol. The lowest BCUT2D eigenvalue weighted by atomic mass is 10.1. The number of thiocarbonyl (C=S) groups is 1. The molecule has 3 N–H and O–H groups in total. The topological polar surface area (TPSA) is 75.4 Å². The van der Waals surface area contributed by atoms with Crippen molar-refractivity contribution in [1.82, 2.24) is 10.2 Å². The molecule has 5 nitrogen and oxygen atoms in total. The summed E-state index contributed by atoms with van der Waals surface area (Å²) >= 11 is 4.64. The van der Waals surface area contributed by atoms with Gasteiger partial charge in [-0.3, -0.25) is 9.59 Å². The van der Waals surface area contributed by atoms with Crippen LogP contribution in [0.4, 0.5) is 0 Å². The van der Waals surface area contributed by atoms with Crippen molar-refractivity contribution in [3.05, 3.63) is 0 Å². The zero-order chi connectivity index (χ0) is 14.3. The molecule has 0 bridgehead atoms. The molecule has 0 radical (unpaired) electrons. The lowest BCUT2D eigenvalue weighted by Crippen LogP contribution is -2.47. The predicted molar refractivity (Wildman–Crippen MR) is 76.1 cm³/mol. The first-order valence-electron chi connectivity index (χ1n) is 6.09. The molecule has 0 aliphatic rings. The monoisotopic (exact) mass is 273 g/mol. The first-order chi connectivity index (χ1) is 8.23. The van der Waals surface area contributed by atoms with Crippen LogP contribution in [-0.4, -0.2) is 41.3 Å². The Morgan fingerprint density at radius 3 is 1.94 bits per heavy atom. The van der Waals surface area contributed by atoms with Crippen LogP contribution in [0.3, 0.4) is 0 Å². The second kappa shape index (κ2) is 8.02. The SMILES string of the molecule is CC(C)CN(CC(C)C)C(=O)C(=O)NCC(N)=S. The van der Waals surface area contributed by atoms with Gasteiger partial charge in [0.25, 0.3) is 0 Å². The molecule has 0 unspecified atom stereocenters. The van der Waals surface area contributed by atoms with Gasteiger partial charge in [0.1, 0.15) is 0 Å². The molecule has 104 valence electrons. The third-order valence-electron chi connectivity index (χ3n) is 2.08. The first-order valence-corrected chi connectivity index (χ1v) is 6.50. The number of carbonyl (C=O) groups excluding carboxylic acids is 2. The Bertz CT molecular complexity index is 306. The van der Waals surface area contributed by atoms with E-state index < -0.39 is 11.8 Å². The smallest absolute Gasteiger partial charge is 0.311 e. The van der Waals surface area contributed by atoms with Crippen molar-refractivity contribution >= 4 is 29.0 Å². The van der Waals surface area contributed by atoms with Crippen molar-refractivity contribution in [2.24, 2.45) is 17.6 Å². The molecule has 0 aliphatic heterocycles. The summed E-state index contributed by atoms with van der Waals surface area (Å²) < 4.78 is 0. The quantitative estimate of drug-likeness (QED) is 0.547. The third-order valence-corrected chi connectivity index (χ3v) is 2.22. The molecule has 0 rings (SSSR count). The molecule has 0 atom stereocenters.